The molecule has 7 heteroatoms. The Labute approximate surface area is 126 Å². The van der Waals surface area contributed by atoms with E-state index in [1.165, 1.54) is 6.07 Å². The highest BCUT2D eigenvalue weighted by Gasteiger charge is 2.31. The number of hydrogen-bond acceptors (Lipinski definition) is 3. The van der Waals surface area contributed by atoms with Gasteiger partial charge < -0.3 is 10.6 Å². The maximum Gasteiger partial charge on any atom is 0.416 e. The smallest absolute Gasteiger partial charge is 0.368 e. The summed E-state index contributed by atoms with van der Waals surface area (Å²) >= 11 is 0. The predicted octanol–water partition coefficient (Wildman–Crippen LogP) is 3.02. The SMILES string of the molecule is NC1CCN(c2cn[nH]c2-c2cccc(C(F)(F)F)c2)CC1. The molecule has 1 aromatic heterocycles. The standard InChI is InChI=1S/C15H17F3N4/c16-15(17,18)11-3-1-2-10(8-11)14-13(9-20-21-14)22-6-4-12(19)5-7-22/h1-3,8-9,12H,4-7,19H2,(H,20,21). The van der Waals surface area contributed by atoms with Crippen LogP contribution in [0.25, 0.3) is 11.3 Å². The number of rotatable bonds is 2. The van der Waals surface area contributed by atoms with Gasteiger partial charge in [-0.15, -0.1) is 0 Å². The molecule has 1 aliphatic rings. The van der Waals surface area contributed by atoms with Gasteiger partial charge in [0.15, 0.2) is 0 Å². The minimum Gasteiger partial charge on any atom is -0.368 e. The third-order valence-corrected chi connectivity index (χ3v) is 3.98. The molecule has 118 valence electrons. The van der Waals surface area contributed by atoms with E-state index in [-0.39, 0.29) is 6.04 Å². The Bertz CT molecular complexity index is 642. The maximum atomic E-state index is 12.9. The van der Waals surface area contributed by atoms with Gasteiger partial charge in [-0.3, -0.25) is 5.10 Å². The fourth-order valence-electron chi connectivity index (χ4n) is 2.72. The monoisotopic (exact) mass is 310 g/mol. The van der Waals surface area contributed by atoms with E-state index in [9.17, 15) is 13.2 Å². The van der Waals surface area contributed by atoms with E-state index < -0.39 is 11.7 Å². The van der Waals surface area contributed by atoms with Crippen molar-refractivity contribution in [3.05, 3.63) is 36.0 Å². The zero-order valence-electron chi connectivity index (χ0n) is 11.9. The van der Waals surface area contributed by atoms with E-state index in [0.717, 1.165) is 43.8 Å². The maximum absolute atomic E-state index is 12.9. The number of hydrogen-bond donors (Lipinski definition) is 2. The number of piperidine rings is 1. The Balaban J connectivity index is 1.92. The molecule has 4 nitrogen and oxygen atoms in total. The van der Waals surface area contributed by atoms with Crippen LogP contribution in [0.1, 0.15) is 18.4 Å². The molecule has 1 aromatic carbocycles. The number of anilines is 1. The first kappa shape index (κ1) is 14.9. The molecule has 1 fully saturated rings. The van der Waals surface area contributed by atoms with Crippen molar-refractivity contribution in [2.75, 3.05) is 18.0 Å². The van der Waals surface area contributed by atoms with Gasteiger partial charge in [0.1, 0.15) is 0 Å². The Kier molecular flexibility index (Phi) is 3.82. The molecule has 1 saturated heterocycles. The highest BCUT2D eigenvalue weighted by Crippen LogP contribution is 2.35. The summed E-state index contributed by atoms with van der Waals surface area (Å²) in [4.78, 5) is 2.11. The van der Waals surface area contributed by atoms with Crippen LogP contribution in [0.2, 0.25) is 0 Å². The van der Waals surface area contributed by atoms with Gasteiger partial charge in [-0.1, -0.05) is 12.1 Å². The van der Waals surface area contributed by atoms with Crippen LogP contribution in [0.4, 0.5) is 18.9 Å². The third kappa shape index (κ3) is 2.94. The van der Waals surface area contributed by atoms with E-state index in [4.69, 9.17) is 5.73 Å². The van der Waals surface area contributed by atoms with Crippen molar-refractivity contribution in [1.29, 1.82) is 0 Å². The number of alkyl halides is 3. The second-order valence-electron chi connectivity index (χ2n) is 5.53. The molecular formula is C15H17F3N4. The largest absolute Gasteiger partial charge is 0.416 e. The van der Waals surface area contributed by atoms with Crippen molar-refractivity contribution in [1.82, 2.24) is 10.2 Å². The van der Waals surface area contributed by atoms with Crippen LogP contribution in [0, 0.1) is 0 Å². The van der Waals surface area contributed by atoms with Crippen LogP contribution in [-0.2, 0) is 6.18 Å². The first-order valence-electron chi connectivity index (χ1n) is 7.16. The second kappa shape index (κ2) is 5.64. The van der Waals surface area contributed by atoms with Gasteiger partial charge >= 0.3 is 6.18 Å². The van der Waals surface area contributed by atoms with Crippen molar-refractivity contribution in [2.45, 2.75) is 25.1 Å². The zero-order valence-corrected chi connectivity index (χ0v) is 11.9. The number of halogens is 3. The molecule has 2 heterocycles. The molecule has 0 spiro atoms. The first-order chi connectivity index (χ1) is 10.4. The molecule has 3 rings (SSSR count). The fraction of sp³-hybridized carbons (Fsp3) is 0.400. The molecule has 0 unspecified atom stereocenters. The van der Waals surface area contributed by atoms with Crippen LogP contribution in [0.5, 0.6) is 0 Å². The molecule has 0 aliphatic carbocycles. The summed E-state index contributed by atoms with van der Waals surface area (Å²) in [5.41, 5.74) is 7.15. The van der Waals surface area contributed by atoms with Crippen molar-refractivity contribution < 1.29 is 13.2 Å². The first-order valence-corrected chi connectivity index (χ1v) is 7.16. The predicted molar refractivity (Wildman–Crippen MR) is 78.4 cm³/mol. The quantitative estimate of drug-likeness (QED) is 0.896. The normalized spacial score (nSPS) is 17.0. The molecule has 3 N–H and O–H groups in total. The van der Waals surface area contributed by atoms with Crippen LogP contribution in [0.15, 0.2) is 30.5 Å². The molecule has 2 aromatic rings. The summed E-state index contributed by atoms with van der Waals surface area (Å²) in [7, 11) is 0. The van der Waals surface area contributed by atoms with E-state index in [1.807, 2.05) is 0 Å². The van der Waals surface area contributed by atoms with Crippen molar-refractivity contribution in [3.8, 4) is 11.3 Å². The average molecular weight is 310 g/mol. The summed E-state index contributed by atoms with van der Waals surface area (Å²) < 4.78 is 38.6. The minimum absolute atomic E-state index is 0.195. The lowest BCUT2D eigenvalue weighted by Crippen LogP contribution is -2.39. The summed E-state index contributed by atoms with van der Waals surface area (Å²) in [6.45, 7) is 1.57. The summed E-state index contributed by atoms with van der Waals surface area (Å²) in [6.07, 6.45) is -0.957. The van der Waals surface area contributed by atoms with Crippen molar-refractivity contribution in [2.24, 2.45) is 5.73 Å². The number of H-pyrrole nitrogens is 1. The van der Waals surface area contributed by atoms with Crippen LogP contribution < -0.4 is 10.6 Å². The van der Waals surface area contributed by atoms with Gasteiger partial charge in [0.05, 0.1) is 23.1 Å². The summed E-state index contributed by atoms with van der Waals surface area (Å²) in [5.74, 6) is 0. The molecule has 0 amide bonds. The number of benzene rings is 1. The zero-order chi connectivity index (χ0) is 15.7. The molecule has 1 aliphatic heterocycles. The fourth-order valence-corrected chi connectivity index (χ4v) is 2.72. The van der Waals surface area contributed by atoms with Gasteiger partial charge in [-0.05, 0) is 25.0 Å². The highest BCUT2D eigenvalue weighted by molar-refractivity contribution is 5.75. The number of nitrogens with one attached hydrogen (secondary N) is 1. The third-order valence-electron chi connectivity index (χ3n) is 3.98. The molecule has 0 saturated carbocycles. The molecule has 22 heavy (non-hydrogen) atoms. The number of nitrogens with two attached hydrogens (primary N) is 1. The van der Waals surface area contributed by atoms with Crippen molar-refractivity contribution in [3.63, 3.8) is 0 Å². The number of aromatic nitrogens is 2. The Morgan fingerprint density at radius 2 is 1.95 bits per heavy atom. The molecule has 0 radical (unpaired) electrons. The highest BCUT2D eigenvalue weighted by atomic mass is 19.4. The molecule has 0 atom stereocenters. The summed E-state index contributed by atoms with van der Waals surface area (Å²) in [5, 5.41) is 6.82. The van der Waals surface area contributed by atoms with Crippen LogP contribution in [0.3, 0.4) is 0 Å². The average Bonchev–Trinajstić information content (AvgIpc) is 2.97. The minimum atomic E-state index is -4.35. The number of nitrogens with zero attached hydrogens (tertiary/aromatic N) is 2. The lowest BCUT2D eigenvalue weighted by atomic mass is 10.0. The van der Waals surface area contributed by atoms with E-state index in [2.05, 4.69) is 15.1 Å². The van der Waals surface area contributed by atoms with E-state index in [0.29, 0.717) is 11.3 Å². The molecule has 0 bridgehead atoms. The second-order valence-corrected chi connectivity index (χ2v) is 5.53. The van der Waals surface area contributed by atoms with E-state index >= 15 is 0 Å². The lowest BCUT2D eigenvalue weighted by Gasteiger charge is -2.31. The van der Waals surface area contributed by atoms with Gasteiger partial charge in [-0.2, -0.15) is 18.3 Å². The van der Waals surface area contributed by atoms with Gasteiger partial charge in [0.25, 0.3) is 0 Å². The van der Waals surface area contributed by atoms with Gasteiger partial charge in [0.2, 0.25) is 0 Å². The topological polar surface area (TPSA) is 57.9 Å². The summed E-state index contributed by atoms with van der Waals surface area (Å²) in [6, 6.07) is 5.48. The number of aromatic amines is 1. The Morgan fingerprint density at radius 3 is 2.64 bits per heavy atom. The molecular weight excluding hydrogens is 293 g/mol. The van der Waals surface area contributed by atoms with Gasteiger partial charge in [-0.25, -0.2) is 0 Å². The van der Waals surface area contributed by atoms with E-state index in [1.54, 1.807) is 12.3 Å². The van der Waals surface area contributed by atoms with Crippen molar-refractivity contribution >= 4 is 5.69 Å². The Hall–Kier alpha value is -2.02. The lowest BCUT2D eigenvalue weighted by molar-refractivity contribution is -0.137. The Morgan fingerprint density at radius 1 is 1.23 bits per heavy atom. The van der Waals surface area contributed by atoms with Crippen LogP contribution >= 0.6 is 0 Å². The van der Waals surface area contributed by atoms with Crippen LogP contribution in [-0.4, -0.2) is 29.3 Å². The van der Waals surface area contributed by atoms with Gasteiger partial charge in [0, 0.05) is 24.7 Å².